The Hall–Kier alpha value is -1.34. The Bertz CT molecular complexity index is 1360. The quantitative estimate of drug-likeness (QED) is 0.0924. The predicted octanol–water partition coefficient (Wildman–Crippen LogP) is 6.51. The molecule has 328 valence electrons. The molecule has 0 bridgehead atoms. The van der Waals surface area contributed by atoms with Crippen molar-refractivity contribution >= 4 is 11.9 Å². The van der Waals surface area contributed by atoms with Gasteiger partial charge in [-0.25, -0.2) is 0 Å². The maximum atomic E-state index is 11.8. The van der Waals surface area contributed by atoms with E-state index in [1.807, 2.05) is 0 Å². The first-order chi connectivity index (χ1) is 27.0. The zero-order valence-corrected chi connectivity index (χ0v) is 37.0. The molecule has 0 radical (unpaired) electrons. The lowest BCUT2D eigenvalue weighted by Crippen LogP contribution is -2.56. The number of fused-ring (bicyclic) bond motifs is 2. The van der Waals surface area contributed by atoms with Gasteiger partial charge in [0.2, 0.25) is 5.91 Å². The lowest BCUT2D eigenvalue weighted by molar-refractivity contribution is -0.245. The lowest BCUT2D eigenvalue weighted by atomic mass is 9.46. The maximum Gasteiger partial charge on any atom is 0.303 e. The van der Waals surface area contributed by atoms with E-state index in [1.165, 1.54) is 39.0 Å². The van der Waals surface area contributed by atoms with E-state index in [9.17, 15) is 19.8 Å². The van der Waals surface area contributed by atoms with Gasteiger partial charge in [0, 0.05) is 39.5 Å². The fourth-order valence-corrected chi connectivity index (χ4v) is 14.1. The van der Waals surface area contributed by atoms with Gasteiger partial charge in [-0.2, -0.15) is 0 Å². The molecule has 11 nitrogen and oxygen atoms in total. The molecule has 1 aliphatic heterocycles. The second kappa shape index (κ2) is 18.3. The van der Waals surface area contributed by atoms with Gasteiger partial charge in [-0.1, -0.05) is 41.0 Å². The molecule has 5 saturated carbocycles. The molecule has 2 spiro atoms. The van der Waals surface area contributed by atoms with Crippen LogP contribution in [-0.4, -0.2) is 116 Å². The molecule has 12 atom stereocenters. The molecule has 5 aliphatic carbocycles. The Kier molecular flexibility index (Phi) is 14.5. The van der Waals surface area contributed by atoms with Crippen molar-refractivity contribution in [3.05, 3.63) is 0 Å². The lowest BCUT2D eigenvalue weighted by Gasteiger charge is -2.59. The highest BCUT2D eigenvalue weighted by Gasteiger charge is 2.84. The van der Waals surface area contributed by atoms with E-state index < -0.39 is 11.7 Å². The van der Waals surface area contributed by atoms with Crippen LogP contribution in [0.25, 0.3) is 0 Å². The number of hydrogen-bond acceptors (Lipinski definition) is 10. The Morgan fingerprint density at radius 3 is 2.46 bits per heavy atom. The number of amides is 1. The number of nitrogens with one attached hydrogen (secondary N) is 1. The summed E-state index contributed by atoms with van der Waals surface area (Å²) in [6.07, 6.45) is 12.1. The number of esters is 1. The van der Waals surface area contributed by atoms with E-state index in [-0.39, 0.29) is 47.1 Å². The van der Waals surface area contributed by atoms with Gasteiger partial charge in [-0.3, -0.25) is 14.5 Å². The summed E-state index contributed by atoms with van der Waals surface area (Å²) < 4.78 is 30.2. The van der Waals surface area contributed by atoms with Crippen molar-refractivity contribution in [1.29, 1.82) is 0 Å². The molecule has 1 saturated heterocycles. The number of morpholine rings is 1. The summed E-state index contributed by atoms with van der Waals surface area (Å²) in [5.74, 6) is 2.49. The zero-order chi connectivity index (χ0) is 41.2. The van der Waals surface area contributed by atoms with Crippen LogP contribution in [0.4, 0.5) is 0 Å². The predicted molar refractivity (Wildman–Crippen MR) is 219 cm³/mol. The van der Waals surface area contributed by atoms with Crippen molar-refractivity contribution in [2.24, 2.45) is 51.2 Å². The minimum Gasteiger partial charge on any atom is -0.460 e. The fourth-order valence-electron chi connectivity index (χ4n) is 14.1. The van der Waals surface area contributed by atoms with Crippen LogP contribution in [0, 0.1) is 51.2 Å². The number of nitrogens with zero attached hydrogens (tertiary/aromatic N) is 1. The Labute approximate surface area is 344 Å². The van der Waals surface area contributed by atoms with Gasteiger partial charge in [0.25, 0.3) is 0 Å². The molecule has 11 heteroatoms. The third kappa shape index (κ3) is 9.02. The standard InChI is InChI=1S/C46H80N2O9/c1-9-10-14-40(51)47-21-24-53-27-28-54-25-22-48-23-26-55-41(30-48)57-38-17-18-46-31(2)45(46)20-19-44(8)34(12-11-13-39(43(6,7)52)56-32(3)49)36(50)29-35(44)33(45)15-16-37(46)42(38,4)5/h31,33-39,41,50,52H,9-30H2,1-8H3,(H,47,51)/t31?,33?,34?,35?,36?,37?,38?,39-,41-,44?,45?,46?/m0/s1. The molecule has 0 aromatic carbocycles. The van der Waals surface area contributed by atoms with E-state index in [0.717, 1.165) is 58.2 Å². The summed E-state index contributed by atoms with van der Waals surface area (Å²) in [6.45, 7) is 22.8. The van der Waals surface area contributed by atoms with E-state index in [2.05, 4.69) is 44.8 Å². The summed E-state index contributed by atoms with van der Waals surface area (Å²) >= 11 is 0. The maximum absolute atomic E-state index is 11.8. The van der Waals surface area contributed by atoms with Crippen molar-refractivity contribution in [1.82, 2.24) is 10.2 Å². The highest BCUT2D eigenvalue weighted by molar-refractivity contribution is 5.75. The van der Waals surface area contributed by atoms with Crippen LogP contribution < -0.4 is 5.32 Å². The highest BCUT2D eigenvalue weighted by Crippen LogP contribution is 2.89. The normalized spacial score (nSPS) is 39.0. The van der Waals surface area contributed by atoms with E-state index in [4.69, 9.17) is 23.7 Å². The first kappa shape index (κ1) is 45.2. The van der Waals surface area contributed by atoms with Crippen molar-refractivity contribution in [2.45, 2.75) is 169 Å². The second-order valence-corrected chi connectivity index (χ2v) is 20.5. The van der Waals surface area contributed by atoms with Crippen LogP contribution in [0.15, 0.2) is 0 Å². The summed E-state index contributed by atoms with van der Waals surface area (Å²) in [5, 5.41) is 25.3. The first-order valence-corrected chi connectivity index (χ1v) is 23.0. The van der Waals surface area contributed by atoms with Gasteiger partial charge in [0.1, 0.15) is 6.10 Å². The topological polar surface area (TPSA) is 136 Å². The number of unbranched alkanes of at least 4 members (excludes halogenated alkanes) is 1. The Morgan fingerprint density at radius 2 is 1.74 bits per heavy atom. The molecule has 0 aromatic heterocycles. The van der Waals surface area contributed by atoms with Gasteiger partial charge in [-0.05, 0) is 136 Å². The number of hydrogen-bond donors (Lipinski definition) is 3. The number of carbonyl (C=O) groups excluding carboxylic acids is 2. The minimum atomic E-state index is -1.09. The third-order valence-corrected chi connectivity index (χ3v) is 16.9. The van der Waals surface area contributed by atoms with Crippen LogP contribution in [0.5, 0.6) is 0 Å². The summed E-state index contributed by atoms with van der Waals surface area (Å²) in [7, 11) is 0. The average Bonchev–Trinajstić information content (AvgIpc) is 3.57. The summed E-state index contributed by atoms with van der Waals surface area (Å²) in [4.78, 5) is 25.9. The zero-order valence-electron chi connectivity index (χ0n) is 37.0. The van der Waals surface area contributed by atoms with Gasteiger partial charge in [0.15, 0.2) is 6.29 Å². The minimum absolute atomic E-state index is 0.0471. The first-order valence-electron chi connectivity index (χ1n) is 23.0. The number of ether oxygens (including phenoxy) is 5. The SMILES string of the molecule is CCCCC(=O)NCCOCCOCCN1CCO[C@@H](OC2CCC34C(CCC5C6CC(O)C(CCC[C@H](OC(C)=O)C(C)(C)O)C6(C)CCC53C4C)C2(C)C)C1. The summed E-state index contributed by atoms with van der Waals surface area (Å²) in [5.41, 5.74) is -0.207. The largest absolute Gasteiger partial charge is 0.460 e. The van der Waals surface area contributed by atoms with Crippen molar-refractivity contribution < 1.29 is 43.5 Å². The van der Waals surface area contributed by atoms with Crippen LogP contribution in [0.2, 0.25) is 0 Å². The van der Waals surface area contributed by atoms with Gasteiger partial charge < -0.3 is 39.2 Å². The number of aliphatic hydroxyl groups excluding tert-OH is 1. The van der Waals surface area contributed by atoms with Crippen LogP contribution in [-0.2, 0) is 33.3 Å². The molecule has 1 amide bonds. The molecule has 6 rings (SSSR count). The number of aliphatic hydroxyl groups is 2. The molecule has 57 heavy (non-hydrogen) atoms. The number of rotatable bonds is 20. The molecular weight excluding hydrogens is 725 g/mol. The molecule has 1 heterocycles. The van der Waals surface area contributed by atoms with Gasteiger partial charge >= 0.3 is 5.97 Å². The van der Waals surface area contributed by atoms with Crippen LogP contribution >= 0.6 is 0 Å². The van der Waals surface area contributed by atoms with Crippen molar-refractivity contribution in [2.75, 3.05) is 59.2 Å². The molecule has 10 unspecified atom stereocenters. The second-order valence-electron chi connectivity index (χ2n) is 20.5. The number of carbonyl (C=O) groups is 2. The molecular formula is C46H80N2O9. The Balaban J connectivity index is 0.974. The molecule has 3 N–H and O–H groups in total. The molecule has 6 fully saturated rings. The van der Waals surface area contributed by atoms with E-state index in [0.29, 0.717) is 86.9 Å². The monoisotopic (exact) mass is 805 g/mol. The van der Waals surface area contributed by atoms with Gasteiger partial charge in [0.05, 0.1) is 50.8 Å². The van der Waals surface area contributed by atoms with E-state index in [1.54, 1.807) is 13.8 Å². The van der Waals surface area contributed by atoms with Crippen LogP contribution in [0.1, 0.15) is 139 Å². The average molecular weight is 805 g/mol. The molecule has 6 aliphatic rings. The third-order valence-electron chi connectivity index (χ3n) is 16.9. The van der Waals surface area contributed by atoms with Crippen molar-refractivity contribution in [3.8, 4) is 0 Å². The Morgan fingerprint density at radius 1 is 0.982 bits per heavy atom. The smallest absolute Gasteiger partial charge is 0.303 e. The fraction of sp³-hybridized carbons (Fsp3) is 0.957. The van der Waals surface area contributed by atoms with Crippen LogP contribution in [0.3, 0.4) is 0 Å². The summed E-state index contributed by atoms with van der Waals surface area (Å²) in [6, 6.07) is 0. The van der Waals surface area contributed by atoms with Crippen molar-refractivity contribution in [3.63, 3.8) is 0 Å². The van der Waals surface area contributed by atoms with E-state index >= 15 is 0 Å². The molecule has 0 aromatic rings. The highest BCUT2D eigenvalue weighted by atomic mass is 16.7. The van der Waals surface area contributed by atoms with Gasteiger partial charge in [-0.15, -0.1) is 0 Å².